The van der Waals surface area contributed by atoms with Crippen LogP contribution in [0.25, 0.3) is 11.3 Å². The number of carbonyl (C=O) groups excluding carboxylic acids is 1. The van der Waals surface area contributed by atoms with Gasteiger partial charge in [-0.2, -0.15) is 0 Å². The summed E-state index contributed by atoms with van der Waals surface area (Å²) in [5, 5.41) is 4.10. The van der Waals surface area contributed by atoms with Crippen LogP contribution in [0.3, 0.4) is 0 Å². The fourth-order valence-electron chi connectivity index (χ4n) is 3.33. The number of piperidine rings is 1. The highest BCUT2D eigenvalue weighted by Crippen LogP contribution is 2.34. The second kappa shape index (κ2) is 9.12. The van der Waals surface area contributed by atoms with Gasteiger partial charge in [-0.05, 0) is 31.2 Å². The van der Waals surface area contributed by atoms with Crippen LogP contribution in [-0.2, 0) is 0 Å². The molecule has 1 fully saturated rings. The molecule has 0 N–H and O–H groups in total. The number of aromatic nitrogens is 3. The third-order valence-corrected chi connectivity index (χ3v) is 7.22. The molecule has 0 radical (unpaired) electrons. The molecule has 4 rings (SSSR count). The van der Waals surface area contributed by atoms with Crippen LogP contribution in [0.4, 0.5) is 0 Å². The van der Waals surface area contributed by atoms with Crippen molar-refractivity contribution in [1.82, 2.24) is 19.9 Å². The van der Waals surface area contributed by atoms with Crippen molar-refractivity contribution in [2.45, 2.75) is 23.9 Å². The van der Waals surface area contributed by atoms with Gasteiger partial charge in [0.15, 0.2) is 10.9 Å². The highest BCUT2D eigenvalue weighted by Gasteiger charge is 2.28. The first kappa shape index (κ1) is 20.8. The van der Waals surface area contributed by atoms with Crippen molar-refractivity contribution in [3.8, 4) is 11.3 Å². The quantitative estimate of drug-likeness (QED) is 0.331. The Morgan fingerprint density at radius 2 is 2.10 bits per heavy atom. The van der Waals surface area contributed by atoms with E-state index in [0.29, 0.717) is 29.2 Å². The molecule has 1 saturated heterocycles. The minimum absolute atomic E-state index is 0.125. The molecule has 0 atom stereocenters. The summed E-state index contributed by atoms with van der Waals surface area (Å²) in [6, 6.07) is 8.17. The van der Waals surface area contributed by atoms with E-state index in [2.05, 4.69) is 43.4 Å². The van der Waals surface area contributed by atoms with Crippen LogP contribution in [0, 0.1) is 0 Å². The molecule has 1 aliphatic heterocycles. The molecule has 1 aliphatic rings. The predicted molar refractivity (Wildman–Crippen MR) is 122 cm³/mol. The second-order valence-electron chi connectivity index (χ2n) is 6.70. The molecular weight excluding hydrogens is 492 g/mol. The van der Waals surface area contributed by atoms with E-state index < -0.39 is 0 Å². The number of hydrogen-bond donors (Lipinski definition) is 0. The number of carbonyl (C=O) groups is 1. The van der Waals surface area contributed by atoms with E-state index in [1.54, 1.807) is 11.3 Å². The number of thioether (sulfide) groups is 1. The fourth-order valence-corrected chi connectivity index (χ4v) is 5.25. The lowest BCUT2D eigenvalue weighted by molar-refractivity contribution is 0.0706. The summed E-state index contributed by atoms with van der Waals surface area (Å²) in [6.45, 7) is 1.34. The Balaban J connectivity index is 1.43. The molecule has 9 heteroatoms. The van der Waals surface area contributed by atoms with Crippen LogP contribution in [0.15, 0.2) is 45.5 Å². The maximum atomic E-state index is 12.9. The fraction of sp³-hybridized carbons (Fsp3) is 0.300. The molecular formula is C20H18BrClN4OS2. The predicted octanol–water partition coefficient (Wildman–Crippen LogP) is 5.76. The molecule has 1 amide bonds. The number of benzene rings is 1. The van der Waals surface area contributed by atoms with Gasteiger partial charge in [-0.25, -0.2) is 15.0 Å². The van der Waals surface area contributed by atoms with E-state index in [4.69, 9.17) is 16.6 Å². The van der Waals surface area contributed by atoms with Crippen LogP contribution in [0.5, 0.6) is 0 Å². The molecule has 1 aromatic carbocycles. The Bertz CT molecular complexity index is 1040. The number of amides is 1. The Kier molecular flexibility index (Phi) is 6.53. The minimum Gasteiger partial charge on any atom is -0.337 e. The topological polar surface area (TPSA) is 59.0 Å². The van der Waals surface area contributed by atoms with Crippen molar-refractivity contribution in [3.63, 3.8) is 0 Å². The molecule has 150 valence electrons. The van der Waals surface area contributed by atoms with Gasteiger partial charge >= 0.3 is 0 Å². The summed E-state index contributed by atoms with van der Waals surface area (Å²) < 4.78 is 1.05. The molecule has 29 heavy (non-hydrogen) atoms. The first-order valence-electron chi connectivity index (χ1n) is 9.12. The average Bonchev–Trinajstić information content (AvgIpc) is 3.24. The maximum absolute atomic E-state index is 12.9. The number of halogens is 2. The van der Waals surface area contributed by atoms with Crippen LogP contribution >= 0.6 is 50.6 Å². The normalized spacial score (nSPS) is 14.9. The lowest BCUT2D eigenvalue weighted by Gasteiger charge is -2.31. The zero-order valence-corrected chi connectivity index (χ0v) is 19.6. The van der Waals surface area contributed by atoms with Gasteiger partial charge in [0, 0.05) is 34.4 Å². The summed E-state index contributed by atoms with van der Waals surface area (Å²) in [6.07, 6.45) is 5.14. The molecule has 2 aromatic heterocycles. The molecule has 0 spiro atoms. The molecule has 0 unspecified atom stereocenters. The van der Waals surface area contributed by atoms with E-state index in [-0.39, 0.29) is 11.6 Å². The molecule has 5 nitrogen and oxygen atoms in total. The minimum atomic E-state index is -0.125. The monoisotopic (exact) mass is 508 g/mol. The Hall–Kier alpha value is -1.48. The van der Waals surface area contributed by atoms with Gasteiger partial charge < -0.3 is 4.90 Å². The number of rotatable bonds is 4. The van der Waals surface area contributed by atoms with Gasteiger partial charge in [-0.15, -0.1) is 11.3 Å². The van der Waals surface area contributed by atoms with Gasteiger partial charge in [0.05, 0.1) is 21.9 Å². The third-order valence-electron chi connectivity index (χ3n) is 4.88. The van der Waals surface area contributed by atoms with E-state index in [0.717, 1.165) is 33.6 Å². The van der Waals surface area contributed by atoms with Crippen LogP contribution in [0.1, 0.15) is 34.3 Å². The maximum Gasteiger partial charge on any atom is 0.274 e. The Morgan fingerprint density at radius 1 is 1.31 bits per heavy atom. The average molecular weight is 510 g/mol. The first-order valence-corrected chi connectivity index (χ1v) is 12.4. The second-order valence-corrected chi connectivity index (χ2v) is 9.69. The summed E-state index contributed by atoms with van der Waals surface area (Å²) in [4.78, 5) is 28.0. The number of hydrogen-bond acceptors (Lipinski definition) is 6. The van der Waals surface area contributed by atoms with Gasteiger partial charge in [0.25, 0.3) is 5.91 Å². The van der Waals surface area contributed by atoms with Gasteiger partial charge in [0.1, 0.15) is 0 Å². The largest absolute Gasteiger partial charge is 0.337 e. The number of thiazole rings is 1. The van der Waals surface area contributed by atoms with Crippen LogP contribution < -0.4 is 0 Å². The van der Waals surface area contributed by atoms with Crippen molar-refractivity contribution in [3.05, 3.63) is 56.0 Å². The van der Waals surface area contributed by atoms with Crippen molar-refractivity contribution < 1.29 is 4.79 Å². The van der Waals surface area contributed by atoms with E-state index in [1.807, 2.05) is 23.3 Å². The van der Waals surface area contributed by atoms with E-state index in [1.165, 1.54) is 18.0 Å². The standard InChI is InChI=1S/C20H18BrClN4OS2/c1-28-20-23-10-15(22)17(25-20)19(27)26-7-5-12(6-8-26)18-24-16(11-29-18)13-3-2-4-14(21)9-13/h2-4,9-12H,5-8H2,1H3. The summed E-state index contributed by atoms with van der Waals surface area (Å²) in [7, 11) is 0. The third kappa shape index (κ3) is 4.66. The van der Waals surface area contributed by atoms with Gasteiger partial charge in [-0.1, -0.05) is 51.4 Å². The van der Waals surface area contributed by atoms with E-state index in [9.17, 15) is 4.79 Å². The lowest BCUT2D eigenvalue weighted by atomic mass is 9.97. The highest BCUT2D eigenvalue weighted by molar-refractivity contribution is 9.10. The van der Waals surface area contributed by atoms with Crippen molar-refractivity contribution in [2.75, 3.05) is 19.3 Å². The SMILES string of the molecule is CSc1ncc(Cl)c(C(=O)N2CCC(c3nc(-c4cccc(Br)c4)cs3)CC2)n1. The molecule has 0 bridgehead atoms. The molecule has 0 aliphatic carbocycles. The van der Waals surface area contributed by atoms with Crippen LogP contribution in [0.2, 0.25) is 5.02 Å². The van der Waals surface area contributed by atoms with Crippen molar-refractivity contribution >= 4 is 56.5 Å². The smallest absolute Gasteiger partial charge is 0.274 e. The molecule has 0 saturated carbocycles. The Morgan fingerprint density at radius 3 is 2.83 bits per heavy atom. The Labute approximate surface area is 191 Å². The van der Waals surface area contributed by atoms with Gasteiger partial charge in [-0.3, -0.25) is 4.79 Å². The van der Waals surface area contributed by atoms with Crippen molar-refractivity contribution in [2.24, 2.45) is 0 Å². The lowest BCUT2D eigenvalue weighted by Crippen LogP contribution is -2.38. The molecule has 3 aromatic rings. The summed E-state index contributed by atoms with van der Waals surface area (Å²) in [5.41, 5.74) is 2.40. The van der Waals surface area contributed by atoms with Gasteiger partial charge in [0.2, 0.25) is 0 Å². The summed E-state index contributed by atoms with van der Waals surface area (Å²) >= 11 is 12.8. The van der Waals surface area contributed by atoms with Crippen LogP contribution in [-0.4, -0.2) is 45.1 Å². The first-order chi connectivity index (χ1) is 14.0. The number of likely N-dealkylation sites (tertiary alicyclic amines) is 1. The number of nitrogens with zero attached hydrogens (tertiary/aromatic N) is 4. The zero-order valence-electron chi connectivity index (χ0n) is 15.6. The zero-order chi connectivity index (χ0) is 20.4. The summed E-state index contributed by atoms with van der Waals surface area (Å²) in [5.74, 6) is 0.243. The van der Waals surface area contributed by atoms with E-state index >= 15 is 0 Å². The highest BCUT2D eigenvalue weighted by atomic mass is 79.9. The van der Waals surface area contributed by atoms with Crippen molar-refractivity contribution in [1.29, 1.82) is 0 Å². The molecule has 3 heterocycles.